The molecule has 2 aromatic rings. The summed E-state index contributed by atoms with van der Waals surface area (Å²) >= 11 is 7.37. The van der Waals surface area contributed by atoms with E-state index in [-0.39, 0.29) is 11.8 Å². The Morgan fingerprint density at radius 3 is 2.59 bits per heavy atom. The first-order valence-electron chi connectivity index (χ1n) is 9.87. The Labute approximate surface area is 188 Å². The molecule has 156 valence electrons. The van der Waals surface area contributed by atoms with Crippen LogP contribution >= 0.6 is 31.9 Å². The van der Waals surface area contributed by atoms with E-state index < -0.39 is 5.97 Å². The molecule has 0 aromatic heterocycles. The molecule has 0 saturated carbocycles. The minimum Gasteiger partial charge on any atom is -0.496 e. The van der Waals surface area contributed by atoms with Gasteiger partial charge in [-0.25, -0.2) is 0 Å². The van der Waals surface area contributed by atoms with Crippen LogP contribution in [0.4, 0.5) is 0 Å². The Morgan fingerprint density at radius 1 is 1.28 bits per heavy atom. The molecule has 1 aliphatic carbocycles. The van der Waals surface area contributed by atoms with Crippen molar-refractivity contribution in [3.63, 3.8) is 0 Å². The van der Waals surface area contributed by atoms with Crippen molar-refractivity contribution in [2.24, 2.45) is 5.92 Å². The van der Waals surface area contributed by atoms with Gasteiger partial charge in [-0.1, -0.05) is 20.8 Å². The maximum atomic E-state index is 11.7. The van der Waals surface area contributed by atoms with Crippen molar-refractivity contribution in [1.82, 2.24) is 0 Å². The lowest BCUT2D eigenvalue weighted by atomic mass is 9.85. The number of methoxy groups -OCH3 is 1. The summed E-state index contributed by atoms with van der Waals surface area (Å²) in [6.45, 7) is 6.18. The Balaban J connectivity index is 1.98. The van der Waals surface area contributed by atoms with E-state index in [1.54, 1.807) is 7.11 Å². The van der Waals surface area contributed by atoms with Crippen LogP contribution in [0.15, 0.2) is 33.2 Å². The van der Waals surface area contributed by atoms with E-state index in [1.165, 1.54) is 0 Å². The fraction of sp³-hybridized carbons (Fsp3) is 0.435. The van der Waals surface area contributed by atoms with Crippen LogP contribution in [0.1, 0.15) is 62.1 Å². The molecule has 2 aromatic carbocycles. The van der Waals surface area contributed by atoms with Gasteiger partial charge in [0.15, 0.2) is 5.75 Å². The third-order valence-electron chi connectivity index (χ3n) is 5.70. The van der Waals surface area contributed by atoms with Crippen LogP contribution in [0.2, 0.25) is 0 Å². The summed E-state index contributed by atoms with van der Waals surface area (Å²) < 4.78 is 13.4. The van der Waals surface area contributed by atoms with Gasteiger partial charge in [-0.15, -0.1) is 0 Å². The first kappa shape index (κ1) is 22.2. The van der Waals surface area contributed by atoms with Crippen LogP contribution in [0.3, 0.4) is 0 Å². The van der Waals surface area contributed by atoms with E-state index in [9.17, 15) is 9.90 Å². The largest absolute Gasteiger partial charge is 0.496 e. The Bertz CT molecular complexity index is 924. The number of carboxylic acids is 1. The SMILES string of the molecule is CCC(C(=O)O)C1CCc2c1cc(Br)c(Oc1ccc(OC)c(C(C)C)c1)c2Br. The number of fused-ring (bicyclic) bond motifs is 1. The summed E-state index contributed by atoms with van der Waals surface area (Å²) in [6, 6.07) is 7.87. The molecule has 0 fully saturated rings. The predicted molar refractivity (Wildman–Crippen MR) is 121 cm³/mol. The highest BCUT2D eigenvalue weighted by molar-refractivity contribution is 9.11. The van der Waals surface area contributed by atoms with Crippen LogP contribution in [-0.2, 0) is 11.2 Å². The topological polar surface area (TPSA) is 55.8 Å². The number of aliphatic carboxylic acids is 1. The molecule has 29 heavy (non-hydrogen) atoms. The molecule has 0 saturated heterocycles. The Kier molecular flexibility index (Phi) is 6.94. The zero-order valence-corrected chi connectivity index (χ0v) is 20.3. The molecule has 0 aliphatic heterocycles. The van der Waals surface area contributed by atoms with Crippen molar-refractivity contribution in [3.8, 4) is 17.2 Å². The molecule has 6 heteroatoms. The molecule has 4 nitrogen and oxygen atoms in total. The highest BCUT2D eigenvalue weighted by Crippen LogP contribution is 2.49. The van der Waals surface area contributed by atoms with E-state index in [0.717, 1.165) is 50.0 Å². The van der Waals surface area contributed by atoms with Gasteiger partial charge < -0.3 is 14.6 Å². The van der Waals surface area contributed by atoms with Crippen molar-refractivity contribution >= 4 is 37.8 Å². The summed E-state index contributed by atoms with van der Waals surface area (Å²) in [5.41, 5.74) is 3.33. The van der Waals surface area contributed by atoms with Gasteiger partial charge >= 0.3 is 5.97 Å². The van der Waals surface area contributed by atoms with Gasteiger partial charge in [-0.2, -0.15) is 0 Å². The molecule has 1 N–H and O–H groups in total. The van der Waals surface area contributed by atoms with Gasteiger partial charge in [-0.3, -0.25) is 4.79 Å². The molecular formula is C23H26Br2O4. The number of rotatable bonds is 7. The summed E-state index contributed by atoms with van der Waals surface area (Å²) in [4.78, 5) is 11.7. The highest BCUT2D eigenvalue weighted by atomic mass is 79.9. The highest BCUT2D eigenvalue weighted by Gasteiger charge is 2.35. The van der Waals surface area contributed by atoms with Crippen LogP contribution < -0.4 is 9.47 Å². The van der Waals surface area contributed by atoms with E-state index in [2.05, 4.69) is 45.7 Å². The van der Waals surface area contributed by atoms with Gasteiger partial charge in [0.2, 0.25) is 0 Å². The minimum absolute atomic E-state index is 0.0303. The molecular weight excluding hydrogens is 500 g/mol. The average molecular weight is 526 g/mol. The van der Waals surface area contributed by atoms with Gasteiger partial charge in [0.25, 0.3) is 0 Å². The van der Waals surface area contributed by atoms with Gasteiger partial charge in [-0.05, 0) is 98.4 Å². The number of carbonyl (C=O) groups is 1. The van der Waals surface area contributed by atoms with E-state index in [1.807, 2.05) is 31.2 Å². The lowest BCUT2D eigenvalue weighted by molar-refractivity contribution is -0.142. The molecule has 2 unspecified atom stereocenters. The Hall–Kier alpha value is -1.53. The quantitative estimate of drug-likeness (QED) is 0.412. The summed E-state index contributed by atoms with van der Waals surface area (Å²) in [5, 5.41) is 9.60. The molecule has 0 bridgehead atoms. The second-order valence-corrected chi connectivity index (χ2v) is 9.38. The Morgan fingerprint density at radius 2 is 2.00 bits per heavy atom. The lowest BCUT2D eigenvalue weighted by Gasteiger charge is -2.21. The summed E-state index contributed by atoms with van der Waals surface area (Å²) in [7, 11) is 1.67. The van der Waals surface area contributed by atoms with Crippen molar-refractivity contribution in [3.05, 3.63) is 49.9 Å². The molecule has 3 rings (SSSR count). The van der Waals surface area contributed by atoms with Crippen molar-refractivity contribution < 1.29 is 19.4 Å². The number of carboxylic acid groups (broad SMARTS) is 1. The molecule has 0 spiro atoms. The molecule has 1 aliphatic rings. The molecule has 0 heterocycles. The second-order valence-electron chi connectivity index (χ2n) is 7.73. The maximum Gasteiger partial charge on any atom is 0.307 e. The first-order valence-corrected chi connectivity index (χ1v) is 11.5. The summed E-state index contributed by atoms with van der Waals surface area (Å²) in [6.07, 6.45) is 2.30. The number of halogens is 2. The first-order chi connectivity index (χ1) is 13.8. The maximum absolute atomic E-state index is 11.7. The smallest absolute Gasteiger partial charge is 0.307 e. The average Bonchev–Trinajstić information content (AvgIpc) is 3.08. The van der Waals surface area contributed by atoms with Crippen LogP contribution in [0, 0.1) is 5.92 Å². The van der Waals surface area contributed by atoms with Gasteiger partial charge in [0, 0.05) is 5.56 Å². The number of hydrogen-bond donors (Lipinski definition) is 1. The molecule has 0 radical (unpaired) electrons. The van der Waals surface area contributed by atoms with Gasteiger partial charge in [0.1, 0.15) is 11.5 Å². The van der Waals surface area contributed by atoms with Crippen molar-refractivity contribution in [2.75, 3.05) is 7.11 Å². The third kappa shape index (κ3) is 4.33. The standard InChI is InChI=1S/C23H26Br2O4/c1-5-14(23(26)27)15-7-8-16-18(15)11-19(24)22(21(16)25)29-13-6-9-20(28-4)17(10-13)12(2)3/h6,9-12,14-15H,5,7-8H2,1-4H3,(H,26,27). The lowest BCUT2D eigenvalue weighted by Crippen LogP contribution is -2.19. The second kappa shape index (κ2) is 9.09. The third-order valence-corrected chi connectivity index (χ3v) is 7.13. The van der Waals surface area contributed by atoms with E-state index >= 15 is 0 Å². The van der Waals surface area contributed by atoms with E-state index in [0.29, 0.717) is 18.1 Å². The fourth-order valence-corrected chi connectivity index (χ4v) is 5.70. The molecule has 2 atom stereocenters. The van der Waals surface area contributed by atoms with E-state index in [4.69, 9.17) is 9.47 Å². The van der Waals surface area contributed by atoms with Crippen molar-refractivity contribution in [2.45, 2.75) is 51.9 Å². The van der Waals surface area contributed by atoms with Crippen LogP contribution in [0.25, 0.3) is 0 Å². The van der Waals surface area contributed by atoms with Crippen LogP contribution in [-0.4, -0.2) is 18.2 Å². The van der Waals surface area contributed by atoms with Crippen LogP contribution in [0.5, 0.6) is 17.2 Å². The zero-order chi connectivity index (χ0) is 21.3. The van der Waals surface area contributed by atoms with Gasteiger partial charge in [0.05, 0.1) is 22.0 Å². The fourth-order valence-electron chi connectivity index (χ4n) is 4.19. The minimum atomic E-state index is -0.725. The number of hydrogen-bond acceptors (Lipinski definition) is 3. The molecule has 0 amide bonds. The zero-order valence-electron chi connectivity index (χ0n) is 17.1. The number of benzene rings is 2. The number of ether oxygens (including phenoxy) is 2. The normalized spacial score (nSPS) is 16.6. The summed E-state index contributed by atoms with van der Waals surface area (Å²) in [5.74, 6) is 1.55. The van der Waals surface area contributed by atoms with Crippen molar-refractivity contribution in [1.29, 1.82) is 0 Å². The monoisotopic (exact) mass is 524 g/mol. The predicted octanol–water partition coefficient (Wildman–Crippen LogP) is 7.28.